The van der Waals surface area contributed by atoms with Gasteiger partial charge in [0.15, 0.2) is 0 Å². The van der Waals surface area contributed by atoms with Gasteiger partial charge in [0, 0.05) is 11.2 Å². The zero-order valence-electron chi connectivity index (χ0n) is 7.64. The monoisotopic (exact) mass is 234 g/mol. The van der Waals surface area contributed by atoms with E-state index in [1.54, 1.807) is 0 Å². The first-order chi connectivity index (χ1) is 6.66. The zero-order chi connectivity index (χ0) is 9.76. The first-order valence-corrected chi connectivity index (χ1v) is 7.37. The highest BCUT2D eigenvalue weighted by atomic mass is 35.7. The topological polar surface area (TPSA) is 35.5 Å². The molecule has 3 rings (SSSR count). The van der Waals surface area contributed by atoms with Gasteiger partial charge in [0.1, 0.15) is 0 Å². The van der Waals surface area contributed by atoms with Crippen LogP contribution in [0.5, 0.6) is 0 Å². The van der Waals surface area contributed by atoms with Gasteiger partial charge in [-0.2, -0.15) is 0 Å². The van der Waals surface area contributed by atoms with Crippen molar-refractivity contribution in [1.82, 2.24) is 0 Å². The molecule has 1 unspecified atom stereocenters. The quantitative estimate of drug-likeness (QED) is 0.478. The molecule has 78 valence electrons. The zero-order valence-corrected chi connectivity index (χ0v) is 9.29. The Kier molecular flexibility index (Phi) is 2.07. The normalized spacial score (nSPS) is 55.8. The molecule has 0 spiro atoms. The van der Waals surface area contributed by atoms with Crippen LogP contribution in [0.4, 0.5) is 0 Å². The van der Waals surface area contributed by atoms with E-state index in [2.05, 4.69) is 12.2 Å². The van der Waals surface area contributed by atoms with Crippen LogP contribution in [0.1, 0.15) is 6.42 Å². The molecule has 0 amide bonds. The maximum absolute atomic E-state index is 11.4. The summed E-state index contributed by atoms with van der Waals surface area (Å²) in [5.74, 6) is 2.09. The minimum absolute atomic E-state index is 0.458. The van der Waals surface area contributed by atoms with E-state index in [-0.39, 0.29) is 0 Å². The molecule has 2 aliphatic carbocycles. The van der Waals surface area contributed by atoms with E-state index in [9.17, 15) is 4.57 Å². The predicted molar refractivity (Wildman–Crippen MR) is 53.1 cm³/mol. The number of fused-ring (bicyclic) bond motifs is 5. The molecule has 1 heterocycles. The average molecular weight is 235 g/mol. The second kappa shape index (κ2) is 3.08. The third-order valence-electron chi connectivity index (χ3n) is 3.64. The second-order valence-corrected chi connectivity index (χ2v) is 6.92. The average Bonchev–Trinajstić information content (AvgIpc) is 2.67. The van der Waals surface area contributed by atoms with Gasteiger partial charge in [-0.3, -0.25) is 9.05 Å². The van der Waals surface area contributed by atoms with Crippen molar-refractivity contribution >= 4 is 18.2 Å². The molecule has 5 heteroatoms. The minimum Gasteiger partial charge on any atom is -0.297 e. The summed E-state index contributed by atoms with van der Waals surface area (Å²) in [4.78, 5) is 0. The van der Waals surface area contributed by atoms with Crippen LogP contribution in [0.2, 0.25) is 0 Å². The van der Waals surface area contributed by atoms with Crippen molar-refractivity contribution in [2.24, 2.45) is 23.7 Å². The number of halogens is 1. The molecule has 5 atom stereocenters. The van der Waals surface area contributed by atoms with Gasteiger partial charge >= 0.3 is 6.95 Å². The van der Waals surface area contributed by atoms with Gasteiger partial charge in [-0.05, 0) is 30.1 Å². The van der Waals surface area contributed by atoms with Crippen LogP contribution in [0.15, 0.2) is 12.2 Å². The smallest absolute Gasteiger partial charge is 0.297 e. The lowest BCUT2D eigenvalue weighted by Crippen LogP contribution is -2.24. The van der Waals surface area contributed by atoms with E-state index in [0.717, 1.165) is 0 Å². The van der Waals surface area contributed by atoms with Crippen LogP contribution in [0, 0.1) is 23.7 Å². The van der Waals surface area contributed by atoms with Crippen LogP contribution in [0.3, 0.4) is 0 Å². The Morgan fingerprint density at radius 1 is 1.14 bits per heavy atom. The highest BCUT2D eigenvalue weighted by Gasteiger charge is 2.47. The molecule has 3 nitrogen and oxygen atoms in total. The Bertz CT molecular complexity index is 304. The molecule has 14 heavy (non-hydrogen) atoms. The molecule has 0 aromatic rings. The van der Waals surface area contributed by atoms with E-state index in [1.165, 1.54) is 6.42 Å². The van der Waals surface area contributed by atoms with Gasteiger partial charge < -0.3 is 0 Å². The largest absolute Gasteiger partial charge is 0.424 e. The summed E-state index contributed by atoms with van der Waals surface area (Å²) in [6.07, 6.45) is 5.70. The Labute approximate surface area is 87.7 Å². The fourth-order valence-electron chi connectivity index (χ4n) is 2.91. The molecule has 0 radical (unpaired) electrons. The minimum atomic E-state index is -3.26. The molecule has 1 saturated heterocycles. The molecule has 2 bridgehead atoms. The van der Waals surface area contributed by atoms with Crippen molar-refractivity contribution < 1.29 is 13.6 Å². The highest BCUT2D eigenvalue weighted by molar-refractivity contribution is 7.81. The molecular formula is C9H12ClO3P. The van der Waals surface area contributed by atoms with Crippen molar-refractivity contribution in [3.63, 3.8) is 0 Å². The number of hydrogen-bond acceptors (Lipinski definition) is 3. The van der Waals surface area contributed by atoms with Crippen molar-refractivity contribution in [3.8, 4) is 0 Å². The molecule has 1 aliphatic heterocycles. The van der Waals surface area contributed by atoms with E-state index in [4.69, 9.17) is 20.3 Å². The van der Waals surface area contributed by atoms with E-state index in [1.807, 2.05) is 0 Å². The van der Waals surface area contributed by atoms with Crippen molar-refractivity contribution in [3.05, 3.63) is 12.2 Å². The van der Waals surface area contributed by atoms with Gasteiger partial charge in [-0.25, -0.2) is 4.57 Å². The number of hydrogen-bond donors (Lipinski definition) is 0. The van der Waals surface area contributed by atoms with Crippen LogP contribution >= 0.6 is 18.2 Å². The Hall–Kier alpha value is 0.180. The molecule has 1 saturated carbocycles. The molecule has 2 fully saturated rings. The second-order valence-electron chi connectivity index (χ2n) is 4.30. The third-order valence-corrected chi connectivity index (χ3v) is 5.14. The first kappa shape index (κ1) is 9.41. The maximum atomic E-state index is 11.4. The number of rotatable bonds is 0. The van der Waals surface area contributed by atoms with Crippen LogP contribution in [0.25, 0.3) is 0 Å². The maximum Gasteiger partial charge on any atom is 0.424 e. The highest BCUT2D eigenvalue weighted by Crippen LogP contribution is 2.60. The molecular weight excluding hydrogens is 223 g/mol. The fraction of sp³-hybridized carbons (Fsp3) is 0.778. The van der Waals surface area contributed by atoms with Crippen LogP contribution in [-0.4, -0.2) is 13.2 Å². The van der Waals surface area contributed by atoms with E-state index < -0.39 is 6.95 Å². The van der Waals surface area contributed by atoms with Gasteiger partial charge in [-0.15, -0.1) is 0 Å². The molecule has 0 aromatic heterocycles. The SMILES string of the molecule is O=P1(Cl)OC[C@@H]2[C@H](CO1)[C@@H]1C=C[C@H]2C1. The summed E-state index contributed by atoms with van der Waals surface area (Å²) < 4.78 is 21.7. The molecule has 3 aliphatic rings. The lowest BCUT2D eigenvalue weighted by atomic mass is 9.84. The predicted octanol–water partition coefficient (Wildman–Crippen LogP) is 2.82. The van der Waals surface area contributed by atoms with Gasteiger partial charge in [0.05, 0.1) is 13.2 Å². The summed E-state index contributed by atoms with van der Waals surface area (Å²) >= 11 is 5.59. The molecule has 0 aromatic carbocycles. The Morgan fingerprint density at radius 3 is 2.14 bits per heavy atom. The van der Waals surface area contributed by atoms with Gasteiger partial charge in [0.25, 0.3) is 0 Å². The van der Waals surface area contributed by atoms with Gasteiger partial charge in [-0.1, -0.05) is 12.2 Å². The third kappa shape index (κ3) is 1.38. The summed E-state index contributed by atoms with van der Waals surface area (Å²) in [7, 11) is 0. The van der Waals surface area contributed by atoms with Crippen molar-refractivity contribution in [2.45, 2.75) is 6.42 Å². The Balaban J connectivity index is 1.84. The van der Waals surface area contributed by atoms with Crippen LogP contribution in [-0.2, 0) is 13.6 Å². The summed E-state index contributed by atoms with van der Waals surface area (Å²) in [6, 6.07) is 0. The van der Waals surface area contributed by atoms with Crippen molar-refractivity contribution in [2.75, 3.05) is 13.2 Å². The van der Waals surface area contributed by atoms with E-state index >= 15 is 0 Å². The van der Waals surface area contributed by atoms with Crippen molar-refractivity contribution in [1.29, 1.82) is 0 Å². The first-order valence-electron chi connectivity index (χ1n) is 4.93. The lowest BCUT2D eigenvalue weighted by Gasteiger charge is -2.23. The van der Waals surface area contributed by atoms with Crippen LogP contribution < -0.4 is 0 Å². The summed E-state index contributed by atoms with van der Waals surface area (Å²) in [5, 5.41) is 0. The van der Waals surface area contributed by atoms with Gasteiger partial charge in [0.2, 0.25) is 0 Å². The fourth-order valence-corrected chi connectivity index (χ4v) is 4.02. The van der Waals surface area contributed by atoms with E-state index in [0.29, 0.717) is 36.9 Å². The standard InChI is InChI=1S/C9H12ClO3P/c10-14(11)12-4-8-6-1-2-7(3-6)9(8)5-13-14/h1-2,6-9H,3-5H2/t6-,7+,8-,9+,14?. The summed E-state index contributed by atoms with van der Waals surface area (Å²) in [6.45, 7) is -2.30. The lowest BCUT2D eigenvalue weighted by molar-refractivity contribution is 0.197. The number of allylic oxidation sites excluding steroid dienone is 2. The Morgan fingerprint density at radius 2 is 1.64 bits per heavy atom. The molecule has 0 N–H and O–H groups in total. The summed E-state index contributed by atoms with van der Waals surface area (Å²) in [5.41, 5.74) is 0.